The summed E-state index contributed by atoms with van der Waals surface area (Å²) < 4.78 is 0. The van der Waals surface area contributed by atoms with E-state index in [0.29, 0.717) is 5.56 Å². The molecule has 0 aliphatic rings. The van der Waals surface area contributed by atoms with E-state index in [1.165, 1.54) is 0 Å². The number of Topliss-reactive ketones (excluding diaryl/α,β-unsaturated/α-hetero) is 1. The Hall–Kier alpha value is -2.01. The van der Waals surface area contributed by atoms with Gasteiger partial charge in [-0.15, -0.1) is 0 Å². The second-order valence-electron chi connectivity index (χ2n) is 4.64. The SMILES string of the molecule is O=C(CC(CN([O-])O)c1ccccc1)c1ccccc1. The van der Waals surface area contributed by atoms with Crippen molar-refractivity contribution < 1.29 is 10.0 Å². The second kappa shape index (κ2) is 6.96. The van der Waals surface area contributed by atoms with E-state index in [4.69, 9.17) is 5.21 Å². The highest BCUT2D eigenvalue weighted by Gasteiger charge is 2.17. The molecule has 0 fully saturated rings. The zero-order valence-electron chi connectivity index (χ0n) is 11.0. The van der Waals surface area contributed by atoms with Crippen molar-refractivity contribution in [2.45, 2.75) is 12.3 Å². The fourth-order valence-corrected chi connectivity index (χ4v) is 2.17. The topological polar surface area (TPSA) is 63.6 Å². The Morgan fingerprint density at radius 2 is 1.60 bits per heavy atom. The van der Waals surface area contributed by atoms with Crippen LogP contribution in [0.3, 0.4) is 0 Å². The molecule has 0 radical (unpaired) electrons. The first-order chi connectivity index (χ1) is 9.66. The summed E-state index contributed by atoms with van der Waals surface area (Å²) in [6.07, 6.45) is 0.188. The molecule has 2 rings (SSSR count). The van der Waals surface area contributed by atoms with Crippen molar-refractivity contribution in [3.05, 3.63) is 77.0 Å². The van der Waals surface area contributed by atoms with Crippen molar-refractivity contribution in [2.75, 3.05) is 6.54 Å². The van der Waals surface area contributed by atoms with Gasteiger partial charge in [-0.25, -0.2) is 0 Å². The van der Waals surface area contributed by atoms with Crippen LogP contribution in [0, 0.1) is 5.21 Å². The molecule has 2 aromatic carbocycles. The van der Waals surface area contributed by atoms with Gasteiger partial charge in [0.25, 0.3) is 0 Å². The molecule has 20 heavy (non-hydrogen) atoms. The lowest BCUT2D eigenvalue weighted by Gasteiger charge is -2.26. The van der Waals surface area contributed by atoms with E-state index in [-0.39, 0.29) is 29.9 Å². The van der Waals surface area contributed by atoms with Crippen LogP contribution in [-0.2, 0) is 0 Å². The van der Waals surface area contributed by atoms with Crippen molar-refractivity contribution in [3.8, 4) is 0 Å². The number of hydrogen-bond donors (Lipinski definition) is 1. The number of carbonyl (C=O) groups excluding carboxylic acids is 1. The smallest absolute Gasteiger partial charge is 0.163 e. The average Bonchev–Trinajstić information content (AvgIpc) is 2.48. The molecule has 1 N–H and O–H groups in total. The fraction of sp³-hybridized carbons (Fsp3) is 0.188. The van der Waals surface area contributed by atoms with Crippen LogP contribution >= 0.6 is 0 Å². The summed E-state index contributed by atoms with van der Waals surface area (Å²) >= 11 is 0. The molecular formula is C16H16NO3-. The van der Waals surface area contributed by atoms with Crippen LogP contribution in [0.25, 0.3) is 0 Å². The minimum atomic E-state index is -0.327. The Balaban J connectivity index is 2.14. The molecule has 0 spiro atoms. The van der Waals surface area contributed by atoms with E-state index in [1.54, 1.807) is 24.3 Å². The van der Waals surface area contributed by atoms with E-state index in [9.17, 15) is 10.0 Å². The summed E-state index contributed by atoms with van der Waals surface area (Å²) in [7, 11) is 0. The van der Waals surface area contributed by atoms with Gasteiger partial charge in [-0.1, -0.05) is 60.7 Å². The van der Waals surface area contributed by atoms with Gasteiger partial charge in [-0.2, -0.15) is 0 Å². The highest BCUT2D eigenvalue weighted by atomic mass is 16.8. The molecule has 0 aromatic heterocycles. The molecule has 4 nitrogen and oxygen atoms in total. The standard InChI is InChI=1S/C16H16NO3/c18-16(14-9-5-2-6-10-14)11-15(12-17(19)20)13-7-3-1-4-8-13/h1-10,15,19H,11-12H2/q-1. The van der Waals surface area contributed by atoms with Crippen molar-refractivity contribution in [2.24, 2.45) is 0 Å². The predicted molar refractivity (Wildman–Crippen MR) is 76.4 cm³/mol. The summed E-state index contributed by atoms with van der Waals surface area (Å²) in [5, 5.41) is 19.7. The van der Waals surface area contributed by atoms with E-state index < -0.39 is 0 Å². The zero-order chi connectivity index (χ0) is 14.4. The molecular weight excluding hydrogens is 254 g/mol. The van der Waals surface area contributed by atoms with Crippen LogP contribution in [0.5, 0.6) is 0 Å². The number of benzene rings is 2. The van der Waals surface area contributed by atoms with E-state index in [1.807, 2.05) is 36.4 Å². The first kappa shape index (κ1) is 14.4. The number of hydrogen-bond acceptors (Lipinski definition) is 4. The maximum absolute atomic E-state index is 12.2. The Labute approximate surface area is 117 Å². The summed E-state index contributed by atoms with van der Waals surface area (Å²) in [4.78, 5) is 12.2. The minimum absolute atomic E-state index is 0.0405. The number of carbonyl (C=O) groups is 1. The lowest BCUT2D eigenvalue weighted by atomic mass is 9.91. The molecule has 0 aliphatic heterocycles. The number of nitrogens with zero attached hydrogens (tertiary/aromatic N) is 1. The Morgan fingerprint density at radius 3 is 2.15 bits per heavy atom. The van der Waals surface area contributed by atoms with Gasteiger partial charge >= 0.3 is 0 Å². The predicted octanol–water partition coefficient (Wildman–Crippen LogP) is 3.23. The van der Waals surface area contributed by atoms with Gasteiger partial charge < -0.3 is 10.4 Å². The molecule has 4 heteroatoms. The number of ketones is 1. The molecule has 104 valence electrons. The molecule has 1 unspecified atom stereocenters. The quantitative estimate of drug-likeness (QED) is 0.646. The molecule has 2 aromatic rings. The van der Waals surface area contributed by atoms with Gasteiger partial charge in [0.1, 0.15) is 0 Å². The van der Waals surface area contributed by atoms with E-state index in [0.717, 1.165) is 5.56 Å². The van der Waals surface area contributed by atoms with Crippen molar-refractivity contribution >= 4 is 5.78 Å². The van der Waals surface area contributed by atoms with Gasteiger partial charge in [0, 0.05) is 24.4 Å². The van der Waals surface area contributed by atoms with Gasteiger partial charge in [0.05, 0.1) is 0 Å². The molecule has 0 aliphatic carbocycles. The molecule has 0 saturated heterocycles. The first-order valence-corrected chi connectivity index (χ1v) is 6.43. The lowest BCUT2D eigenvalue weighted by molar-refractivity contribution is -0.0453. The zero-order valence-corrected chi connectivity index (χ0v) is 11.0. The van der Waals surface area contributed by atoms with Crippen molar-refractivity contribution in [3.63, 3.8) is 0 Å². The van der Waals surface area contributed by atoms with Crippen LogP contribution in [-0.4, -0.2) is 22.8 Å². The lowest BCUT2D eigenvalue weighted by Crippen LogP contribution is -2.21. The van der Waals surface area contributed by atoms with Crippen LogP contribution < -0.4 is 0 Å². The van der Waals surface area contributed by atoms with Crippen LogP contribution in [0.15, 0.2) is 60.7 Å². The molecule has 0 saturated carbocycles. The number of rotatable bonds is 6. The van der Waals surface area contributed by atoms with E-state index >= 15 is 0 Å². The average molecular weight is 270 g/mol. The molecule has 0 bridgehead atoms. The third kappa shape index (κ3) is 3.99. The fourth-order valence-electron chi connectivity index (χ4n) is 2.17. The monoisotopic (exact) mass is 270 g/mol. The highest BCUT2D eigenvalue weighted by molar-refractivity contribution is 5.96. The highest BCUT2D eigenvalue weighted by Crippen LogP contribution is 2.22. The molecule has 0 heterocycles. The van der Waals surface area contributed by atoms with Crippen molar-refractivity contribution in [1.29, 1.82) is 0 Å². The third-order valence-corrected chi connectivity index (χ3v) is 3.18. The van der Waals surface area contributed by atoms with Crippen LogP contribution in [0.4, 0.5) is 0 Å². The summed E-state index contributed by atoms with van der Waals surface area (Å²) in [6, 6.07) is 18.2. The summed E-state index contributed by atoms with van der Waals surface area (Å²) in [5.41, 5.74) is 1.48. The van der Waals surface area contributed by atoms with Gasteiger partial charge in [-0.3, -0.25) is 10.0 Å². The Morgan fingerprint density at radius 1 is 1.05 bits per heavy atom. The third-order valence-electron chi connectivity index (χ3n) is 3.18. The number of hydroxylamine groups is 2. The summed E-state index contributed by atoms with van der Waals surface area (Å²) in [5.74, 6) is -0.368. The largest absolute Gasteiger partial charge is 0.762 e. The Kier molecular flexibility index (Phi) is 5.01. The molecule has 1 atom stereocenters. The first-order valence-electron chi connectivity index (χ1n) is 6.43. The maximum Gasteiger partial charge on any atom is 0.163 e. The van der Waals surface area contributed by atoms with E-state index in [2.05, 4.69) is 0 Å². The van der Waals surface area contributed by atoms with Crippen molar-refractivity contribution in [1.82, 2.24) is 5.23 Å². The maximum atomic E-state index is 12.2. The Bertz CT molecular complexity index is 540. The van der Waals surface area contributed by atoms with Gasteiger partial charge in [0.15, 0.2) is 5.78 Å². The van der Waals surface area contributed by atoms with Crippen LogP contribution in [0.1, 0.15) is 28.3 Å². The van der Waals surface area contributed by atoms with Gasteiger partial charge in [0.2, 0.25) is 0 Å². The molecule has 0 amide bonds. The minimum Gasteiger partial charge on any atom is -0.762 e. The summed E-state index contributed by atoms with van der Waals surface area (Å²) in [6.45, 7) is -0.122. The second-order valence-corrected chi connectivity index (χ2v) is 4.64. The van der Waals surface area contributed by atoms with Crippen LogP contribution in [0.2, 0.25) is 0 Å². The normalized spacial score (nSPS) is 12.3. The van der Waals surface area contributed by atoms with Gasteiger partial charge in [-0.05, 0) is 5.56 Å².